The van der Waals surface area contributed by atoms with E-state index in [0.29, 0.717) is 5.42 Å². The third-order valence-corrected chi connectivity index (χ3v) is 17.6. The second-order valence-corrected chi connectivity index (χ2v) is 24.4. The summed E-state index contributed by atoms with van der Waals surface area (Å²) in [6.07, 6.45) is 6.40. The Hall–Kier alpha value is -7.62. The Labute approximate surface area is 436 Å². The largest absolute Gasteiger partial charge is 0.456 e. The molecule has 0 amide bonds. The van der Waals surface area contributed by atoms with E-state index in [0.717, 1.165) is 33.1 Å². The highest BCUT2D eigenvalue weighted by atomic mass is 16.3. The number of nitrogens with one attached hydrogen (secondary N) is 1. The van der Waals surface area contributed by atoms with Crippen molar-refractivity contribution in [2.45, 2.75) is 112 Å². The third kappa shape index (κ3) is 6.13. The summed E-state index contributed by atoms with van der Waals surface area (Å²) in [7, 11) is 0. The summed E-state index contributed by atoms with van der Waals surface area (Å²) in [5, 5.41) is 4.78. The molecule has 366 valence electrons. The van der Waals surface area contributed by atoms with E-state index in [9.17, 15) is 0 Å². The molecule has 3 aliphatic rings. The Morgan fingerprint density at radius 3 is 1.84 bits per heavy atom. The van der Waals surface area contributed by atoms with Gasteiger partial charge in [-0.05, 0) is 153 Å². The Morgan fingerprint density at radius 1 is 0.568 bits per heavy atom. The van der Waals surface area contributed by atoms with Crippen LogP contribution in [0.2, 0.25) is 0 Å². The molecule has 1 N–H and O–H groups in total. The van der Waals surface area contributed by atoms with Crippen LogP contribution in [0, 0.1) is 20.8 Å². The van der Waals surface area contributed by atoms with E-state index in [1.165, 1.54) is 122 Å². The molecule has 13 rings (SSSR count). The van der Waals surface area contributed by atoms with Gasteiger partial charge >= 0.3 is 0 Å². The standard InChI is InChI=1S/C71H66N2O/c1-15-16-23-45-42(5)74-67-61(45)59-49-33-31-44(37-55(49)71(13,14)63(59)64-62(67)47-25-18-21-28-53(47)70(64,11)12)73(66-40(3)34-39(2)35-41(66)4)43-30-32-48-54(36-43)69(9,10)56-38-51(46-24-17-20-27-52(46)68(6,7)8)65-60(58(48)56)50-26-19-22-29-57(50)72-65/h15-38,72H,5H2,1-4,6-14H3/b16-15-,45-23+. The van der Waals surface area contributed by atoms with Crippen molar-refractivity contribution in [1.82, 2.24) is 4.98 Å². The minimum absolute atomic E-state index is 0.0369. The molecule has 0 fully saturated rings. The van der Waals surface area contributed by atoms with Crippen LogP contribution in [0.15, 0.2) is 144 Å². The molecule has 3 heteroatoms. The van der Waals surface area contributed by atoms with Crippen molar-refractivity contribution >= 4 is 62.5 Å². The van der Waals surface area contributed by atoms with Crippen LogP contribution in [0.3, 0.4) is 0 Å². The van der Waals surface area contributed by atoms with Crippen molar-refractivity contribution in [1.29, 1.82) is 0 Å². The van der Waals surface area contributed by atoms with Crippen LogP contribution < -0.4 is 15.5 Å². The van der Waals surface area contributed by atoms with Gasteiger partial charge in [0.15, 0.2) is 0 Å². The molecule has 0 saturated heterocycles. The molecule has 3 aliphatic carbocycles. The van der Waals surface area contributed by atoms with Crippen molar-refractivity contribution in [3.63, 3.8) is 0 Å². The number of hydrogen-bond donors (Lipinski definition) is 1. The molecule has 0 spiro atoms. The first-order valence-corrected chi connectivity index (χ1v) is 26.7. The predicted molar refractivity (Wildman–Crippen MR) is 315 cm³/mol. The van der Waals surface area contributed by atoms with Gasteiger partial charge in [0.1, 0.15) is 11.0 Å². The SMILES string of the molecule is C=c1oc2c3c(c4c(c2/c1=C/C=C\C)-c1ccc(N(c2ccc5c(c2)C(C)(C)c2cc(-c6ccccc6C(C)(C)C)c6[nH]c7ccccc7c6c2-5)c2c(C)cc(C)cc2C)cc1C4(C)C)C(C)(C)c1ccccc1-3. The highest BCUT2D eigenvalue weighted by Gasteiger charge is 2.49. The van der Waals surface area contributed by atoms with Gasteiger partial charge in [-0.1, -0.05) is 184 Å². The number of rotatable bonds is 5. The first-order chi connectivity index (χ1) is 35.2. The number of para-hydroxylation sites is 1. The lowest BCUT2D eigenvalue weighted by molar-refractivity contribution is 0.574. The van der Waals surface area contributed by atoms with E-state index in [1.807, 2.05) is 0 Å². The Kier molecular flexibility index (Phi) is 9.65. The van der Waals surface area contributed by atoms with Crippen LogP contribution in [0.4, 0.5) is 17.1 Å². The number of fused-ring (bicyclic) bond motifs is 17. The average molecular weight is 963 g/mol. The van der Waals surface area contributed by atoms with Crippen LogP contribution in [-0.4, -0.2) is 4.98 Å². The molecule has 2 heterocycles. The number of nitrogens with zero attached hydrogens (tertiary/aromatic N) is 1. The summed E-state index contributed by atoms with van der Waals surface area (Å²) in [4.78, 5) is 6.52. The second-order valence-electron chi connectivity index (χ2n) is 24.4. The monoisotopic (exact) mass is 963 g/mol. The maximum absolute atomic E-state index is 6.89. The van der Waals surface area contributed by atoms with Crippen molar-refractivity contribution in [3.05, 3.63) is 206 Å². The van der Waals surface area contributed by atoms with Crippen LogP contribution in [0.1, 0.15) is 125 Å². The molecule has 8 aromatic carbocycles. The predicted octanol–water partition coefficient (Wildman–Crippen LogP) is 18.1. The van der Waals surface area contributed by atoms with Crippen LogP contribution in [0.25, 0.3) is 89.9 Å². The molecule has 10 aromatic rings. The normalized spacial score (nSPS) is 15.8. The lowest BCUT2D eigenvalue weighted by Crippen LogP contribution is -2.25. The topological polar surface area (TPSA) is 32.2 Å². The van der Waals surface area contributed by atoms with Gasteiger partial charge < -0.3 is 14.3 Å². The van der Waals surface area contributed by atoms with E-state index in [-0.39, 0.29) is 21.7 Å². The van der Waals surface area contributed by atoms with Gasteiger partial charge in [0.05, 0.1) is 11.2 Å². The zero-order chi connectivity index (χ0) is 51.7. The highest BCUT2D eigenvalue weighted by molar-refractivity contribution is 6.20. The summed E-state index contributed by atoms with van der Waals surface area (Å²) >= 11 is 0. The van der Waals surface area contributed by atoms with Crippen molar-refractivity contribution in [2.24, 2.45) is 0 Å². The Balaban J connectivity index is 1.05. The number of aromatic amines is 1. The van der Waals surface area contributed by atoms with Gasteiger partial charge in [0, 0.05) is 65.6 Å². The number of H-pyrrole nitrogens is 1. The van der Waals surface area contributed by atoms with E-state index in [2.05, 4.69) is 252 Å². The fourth-order valence-corrected chi connectivity index (χ4v) is 14.3. The van der Waals surface area contributed by atoms with Gasteiger partial charge in [-0.25, -0.2) is 0 Å². The Morgan fingerprint density at radius 2 is 1.15 bits per heavy atom. The number of benzene rings is 8. The van der Waals surface area contributed by atoms with Crippen LogP contribution in [0.5, 0.6) is 0 Å². The third-order valence-electron chi connectivity index (χ3n) is 17.6. The van der Waals surface area contributed by atoms with E-state index in [4.69, 9.17) is 4.42 Å². The van der Waals surface area contributed by atoms with Gasteiger partial charge in [0.2, 0.25) is 0 Å². The Bertz CT molecular complexity index is 4240. The molecule has 0 atom stereocenters. The minimum atomic E-state index is -0.354. The quantitative estimate of drug-likeness (QED) is 0.186. The first kappa shape index (κ1) is 46.2. The maximum Gasteiger partial charge on any atom is 0.144 e. The van der Waals surface area contributed by atoms with Crippen molar-refractivity contribution in [3.8, 4) is 44.5 Å². The minimum Gasteiger partial charge on any atom is -0.456 e. The van der Waals surface area contributed by atoms with E-state index >= 15 is 0 Å². The smallest absolute Gasteiger partial charge is 0.144 e. The second kappa shape index (κ2) is 15.5. The van der Waals surface area contributed by atoms with Gasteiger partial charge in [-0.15, -0.1) is 0 Å². The summed E-state index contributed by atoms with van der Waals surface area (Å²) in [6, 6.07) is 48.7. The summed E-state index contributed by atoms with van der Waals surface area (Å²) < 4.78 is 6.89. The number of aryl methyl sites for hydroxylation is 3. The number of allylic oxidation sites excluding steroid dienone is 2. The molecule has 74 heavy (non-hydrogen) atoms. The fourth-order valence-electron chi connectivity index (χ4n) is 14.3. The summed E-state index contributed by atoms with van der Waals surface area (Å²) in [6.45, 7) is 35.0. The van der Waals surface area contributed by atoms with E-state index in [1.54, 1.807) is 0 Å². The molecule has 0 bridgehead atoms. The number of anilines is 3. The molecular formula is C71H66N2O. The zero-order valence-corrected chi connectivity index (χ0v) is 45.4. The molecule has 2 aromatic heterocycles. The average Bonchev–Trinajstić information content (AvgIpc) is 4.16. The fraction of sp³-hybridized carbons (Fsp3) is 0.239. The number of furan rings is 1. The molecule has 3 nitrogen and oxygen atoms in total. The number of hydrogen-bond acceptors (Lipinski definition) is 2. The maximum atomic E-state index is 6.89. The van der Waals surface area contributed by atoms with Gasteiger partial charge in [-0.2, -0.15) is 0 Å². The summed E-state index contributed by atoms with van der Waals surface area (Å²) in [5.41, 5.74) is 30.0. The zero-order valence-electron chi connectivity index (χ0n) is 45.4. The first-order valence-electron chi connectivity index (χ1n) is 26.7. The van der Waals surface area contributed by atoms with Crippen LogP contribution >= 0.6 is 0 Å². The molecule has 0 radical (unpaired) electrons. The van der Waals surface area contributed by atoms with Crippen molar-refractivity contribution < 1.29 is 4.42 Å². The van der Waals surface area contributed by atoms with E-state index < -0.39 is 0 Å². The lowest BCUT2D eigenvalue weighted by atomic mass is 9.72. The highest BCUT2D eigenvalue weighted by Crippen LogP contribution is 2.63. The summed E-state index contributed by atoms with van der Waals surface area (Å²) in [5.74, 6) is 0. The van der Waals surface area contributed by atoms with Crippen molar-refractivity contribution in [2.75, 3.05) is 4.90 Å². The molecular weight excluding hydrogens is 897 g/mol. The molecule has 0 saturated carbocycles. The van der Waals surface area contributed by atoms with Crippen LogP contribution in [-0.2, 0) is 21.7 Å². The van der Waals surface area contributed by atoms with Gasteiger partial charge in [0.25, 0.3) is 0 Å². The lowest BCUT2D eigenvalue weighted by Gasteiger charge is -2.33. The molecule has 0 unspecified atom stereocenters. The molecule has 0 aliphatic heterocycles. The number of aromatic nitrogens is 1. The van der Waals surface area contributed by atoms with Gasteiger partial charge in [-0.3, -0.25) is 0 Å².